The summed E-state index contributed by atoms with van der Waals surface area (Å²) >= 11 is 0. The summed E-state index contributed by atoms with van der Waals surface area (Å²) in [6.07, 6.45) is 3.05. The van der Waals surface area contributed by atoms with Gasteiger partial charge in [0.2, 0.25) is 5.91 Å². The Morgan fingerprint density at radius 1 is 1.03 bits per heavy atom. The minimum absolute atomic E-state index is 0.0229. The highest BCUT2D eigenvalue weighted by Crippen LogP contribution is 2.60. The lowest BCUT2D eigenvalue weighted by Gasteiger charge is -2.62. The molecule has 4 nitrogen and oxygen atoms in total. The lowest BCUT2D eigenvalue weighted by atomic mass is 9.49. The lowest BCUT2D eigenvalue weighted by molar-refractivity contribution is -0.144. The number of nitrogens with two attached hydrogens (primary N) is 1. The monoisotopic (exact) mass is 417 g/mol. The van der Waals surface area contributed by atoms with Crippen LogP contribution in [0.2, 0.25) is 0 Å². The van der Waals surface area contributed by atoms with Gasteiger partial charge in [0.05, 0.1) is 0 Å². The van der Waals surface area contributed by atoms with Crippen LogP contribution in [0.3, 0.4) is 0 Å². The van der Waals surface area contributed by atoms with Gasteiger partial charge in [0.15, 0.2) is 0 Å². The zero-order chi connectivity index (χ0) is 21.6. The van der Waals surface area contributed by atoms with Crippen molar-refractivity contribution in [2.24, 2.45) is 28.9 Å². The predicted molar refractivity (Wildman–Crippen MR) is 124 cm³/mol. The van der Waals surface area contributed by atoms with Gasteiger partial charge >= 0.3 is 0 Å². The van der Waals surface area contributed by atoms with Crippen molar-refractivity contribution in [1.82, 2.24) is 10.2 Å². The second-order valence-electron chi connectivity index (χ2n) is 10.6. The summed E-state index contributed by atoms with van der Waals surface area (Å²) in [6.45, 7) is 7.42. The molecule has 4 heteroatoms. The van der Waals surface area contributed by atoms with Crippen LogP contribution in [-0.2, 0) is 17.6 Å². The van der Waals surface area contributed by atoms with Crippen molar-refractivity contribution < 1.29 is 4.79 Å². The van der Waals surface area contributed by atoms with Gasteiger partial charge in [0.25, 0.3) is 0 Å². The fraction of sp³-hybridized carbons (Fsp3) is 0.519. The van der Waals surface area contributed by atoms with Gasteiger partial charge in [-0.2, -0.15) is 0 Å². The molecule has 164 valence electrons. The number of hydrogen-bond acceptors (Lipinski definition) is 3. The smallest absolute Gasteiger partial charge is 0.239 e. The number of carbonyl (C=O) groups excluding carboxylic acids is 1. The van der Waals surface area contributed by atoms with Crippen LogP contribution in [-0.4, -0.2) is 42.0 Å². The maximum Gasteiger partial charge on any atom is 0.239 e. The van der Waals surface area contributed by atoms with Crippen molar-refractivity contribution in [2.45, 2.75) is 44.7 Å². The molecule has 4 aliphatic rings. The zero-order valence-corrected chi connectivity index (χ0v) is 18.8. The number of nitrogens with zero attached hydrogens (tertiary/aromatic N) is 1. The van der Waals surface area contributed by atoms with Crippen LogP contribution in [0, 0.1) is 23.2 Å². The van der Waals surface area contributed by atoms with Crippen LogP contribution in [0.15, 0.2) is 60.7 Å². The van der Waals surface area contributed by atoms with E-state index in [0.717, 1.165) is 38.9 Å². The van der Waals surface area contributed by atoms with E-state index in [1.54, 1.807) is 0 Å². The molecular formula is C27H35N3O. The zero-order valence-electron chi connectivity index (χ0n) is 18.8. The lowest BCUT2D eigenvalue weighted by Crippen LogP contribution is -2.79. The molecule has 2 aromatic carbocycles. The topological polar surface area (TPSA) is 58.4 Å². The van der Waals surface area contributed by atoms with Crippen LogP contribution in [0.5, 0.6) is 0 Å². The summed E-state index contributed by atoms with van der Waals surface area (Å²) in [6, 6.07) is 21.8. The highest BCUT2D eigenvalue weighted by atomic mass is 16.1. The summed E-state index contributed by atoms with van der Waals surface area (Å²) < 4.78 is 0. The standard InChI is InChI=1S/C27H35N3O/c1-19(2)17-30-18-23-13-22-16-29-27(23,25(28)31)24(30)26(22,14-20-9-5-3-6-10-20)15-21-11-7-4-8-12-21/h3-12,19,22-24,29H,13-18H2,1-2H3,(H2,28,31). The van der Waals surface area contributed by atoms with E-state index < -0.39 is 5.54 Å². The minimum Gasteiger partial charge on any atom is -0.368 e. The van der Waals surface area contributed by atoms with Crippen molar-refractivity contribution in [3.8, 4) is 0 Å². The van der Waals surface area contributed by atoms with Crippen molar-refractivity contribution in [1.29, 1.82) is 0 Å². The molecule has 3 heterocycles. The molecule has 0 spiro atoms. The molecule has 3 aliphatic heterocycles. The first-order chi connectivity index (χ1) is 15.0. The fourth-order valence-corrected chi connectivity index (χ4v) is 7.31. The van der Waals surface area contributed by atoms with E-state index in [1.165, 1.54) is 11.1 Å². The molecule has 3 saturated heterocycles. The Kier molecular flexibility index (Phi) is 5.18. The van der Waals surface area contributed by atoms with Crippen LogP contribution >= 0.6 is 0 Å². The van der Waals surface area contributed by atoms with E-state index in [4.69, 9.17) is 5.73 Å². The maximum absolute atomic E-state index is 13.1. The van der Waals surface area contributed by atoms with E-state index in [0.29, 0.717) is 17.8 Å². The first-order valence-electron chi connectivity index (χ1n) is 11.8. The van der Waals surface area contributed by atoms with Gasteiger partial charge in [-0.1, -0.05) is 74.5 Å². The number of piperidine rings is 2. The highest BCUT2D eigenvalue weighted by molar-refractivity contribution is 5.87. The van der Waals surface area contributed by atoms with Crippen molar-refractivity contribution >= 4 is 5.91 Å². The van der Waals surface area contributed by atoms with Gasteiger partial charge in [-0.15, -0.1) is 0 Å². The Morgan fingerprint density at radius 3 is 2.13 bits per heavy atom. The number of primary amides is 1. The Balaban J connectivity index is 1.66. The number of likely N-dealkylation sites (tertiary alicyclic amines) is 1. The van der Waals surface area contributed by atoms with Gasteiger partial charge < -0.3 is 11.1 Å². The number of amides is 1. The Bertz CT molecular complexity index is 887. The summed E-state index contributed by atoms with van der Waals surface area (Å²) in [7, 11) is 0. The van der Waals surface area contributed by atoms with E-state index >= 15 is 0 Å². The summed E-state index contributed by atoms with van der Waals surface area (Å²) in [5.41, 5.74) is 8.31. The van der Waals surface area contributed by atoms with Crippen LogP contribution < -0.4 is 11.1 Å². The first-order valence-corrected chi connectivity index (χ1v) is 11.8. The molecule has 1 amide bonds. The van der Waals surface area contributed by atoms with E-state index in [1.807, 2.05) is 0 Å². The SMILES string of the molecule is CC(C)CN1CC2CC3CNC2(C(N)=O)C1C3(Cc1ccccc1)Cc1ccccc1. The predicted octanol–water partition coefficient (Wildman–Crippen LogP) is 3.26. The third kappa shape index (κ3) is 3.23. The maximum atomic E-state index is 13.1. The van der Waals surface area contributed by atoms with Crippen molar-refractivity contribution in [3.63, 3.8) is 0 Å². The molecular weight excluding hydrogens is 382 g/mol. The summed E-state index contributed by atoms with van der Waals surface area (Å²) in [5, 5.41) is 3.71. The molecule has 2 aromatic rings. The normalized spacial score (nSPS) is 31.3. The molecule has 6 rings (SSSR count). The van der Waals surface area contributed by atoms with E-state index in [-0.39, 0.29) is 17.4 Å². The number of carbonyl (C=O) groups is 1. The van der Waals surface area contributed by atoms with Crippen LogP contribution in [0.1, 0.15) is 31.4 Å². The van der Waals surface area contributed by atoms with Crippen molar-refractivity contribution in [3.05, 3.63) is 71.8 Å². The second kappa shape index (κ2) is 7.75. The molecule has 31 heavy (non-hydrogen) atoms. The Labute approximate surface area is 186 Å². The molecule has 3 N–H and O–H groups in total. The average molecular weight is 418 g/mol. The quantitative estimate of drug-likeness (QED) is 0.727. The minimum atomic E-state index is -0.618. The molecule has 1 saturated carbocycles. The van der Waals surface area contributed by atoms with Crippen LogP contribution in [0.4, 0.5) is 0 Å². The van der Waals surface area contributed by atoms with Crippen LogP contribution in [0.25, 0.3) is 0 Å². The molecule has 1 aliphatic carbocycles. The molecule has 4 unspecified atom stereocenters. The Morgan fingerprint density at radius 2 is 1.61 bits per heavy atom. The van der Waals surface area contributed by atoms with E-state index in [2.05, 4.69) is 84.7 Å². The molecule has 4 atom stereocenters. The van der Waals surface area contributed by atoms with Gasteiger partial charge in [0, 0.05) is 30.5 Å². The average Bonchev–Trinajstić information content (AvgIpc) is 3.03. The molecule has 4 bridgehead atoms. The summed E-state index contributed by atoms with van der Waals surface area (Å²) in [5.74, 6) is 1.24. The van der Waals surface area contributed by atoms with Gasteiger partial charge in [-0.05, 0) is 48.8 Å². The van der Waals surface area contributed by atoms with Gasteiger partial charge in [-0.3, -0.25) is 9.69 Å². The largest absolute Gasteiger partial charge is 0.368 e. The highest BCUT2D eigenvalue weighted by Gasteiger charge is 2.72. The second-order valence-corrected chi connectivity index (χ2v) is 10.6. The first kappa shape index (κ1) is 20.7. The Hall–Kier alpha value is -2.17. The number of nitrogens with one attached hydrogen (secondary N) is 1. The summed E-state index contributed by atoms with van der Waals surface area (Å²) in [4.78, 5) is 15.8. The number of fused-ring (bicyclic) bond motifs is 1. The van der Waals surface area contributed by atoms with Gasteiger partial charge in [0.1, 0.15) is 5.54 Å². The van der Waals surface area contributed by atoms with Crippen molar-refractivity contribution in [2.75, 3.05) is 19.6 Å². The number of rotatable bonds is 7. The third-order valence-corrected chi connectivity index (χ3v) is 8.22. The van der Waals surface area contributed by atoms with E-state index in [9.17, 15) is 4.79 Å². The molecule has 0 radical (unpaired) electrons. The fourth-order valence-electron chi connectivity index (χ4n) is 7.31. The van der Waals surface area contributed by atoms with Gasteiger partial charge in [-0.25, -0.2) is 0 Å². The number of benzene rings is 2. The third-order valence-electron chi connectivity index (χ3n) is 8.22. The number of hydrogen-bond donors (Lipinski definition) is 2. The molecule has 4 fully saturated rings. The molecule has 0 aromatic heterocycles.